The predicted octanol–water partition coefficient (Wildman–Crippen LogP) is 3.71. The second kappa shape index (κ2) is 9.85. The van der Waals surface area contributed by atoms with Crippen molar-refractivity contribution in [3.8, 4) is 0 Å². The number of aliphatic hydroxyl groups excluding tert-OH is 1. The summed E-state index contributed by atoms with van der Waals surface area (Å²) in [5, 5.41) is 19.0. The van der Waals surface area contributed by atoms with Crippen molar-refractivity contribution in [2.24, 2.45) is 17.8 Å². The first-order chi connectivity index (χ1) is 13.1. The molecule has 0 aromatic heterocycles. The van der Waals surface area contributed by atoms with E-state index in [1.165, 1.54) is 12.8 Å². The fourth-order valence-electron chi connectivity index (χ4n) is 4.83. The van der Waals surface area contributed by atoms with Gasteiger partial charge >= 0.3 is 5.97 Å². The summed E-state index contributed by atoms with van der Waals surface area (Å²) in [6.45, 7) is 2.88. The number of fused-ring (bicyclic) bond motifs is 1. The van der Waals surface area contributed by atoms with E-state index < -0.39 is 5.97 Å². The molecule has 2 N–H and O–H groups in total. The zero-order chi connectivity index (χ0) is 19.2. The van der Waals surface area contributed by atoms with Crippen molar-refractivity contribution < 1.29 is 24.5 Å². The Bertz CT molecular complexity index is 543. The largest absolute Gasteiger partial charge is 0.481 e. The molecule has 3 saturated heterocycles. The van der Waals surface area contributed by atoms with Crippen molar-refractivity contribution >= 4 is 5.97 Å². The lowest BCUT2D eigenvalue weighted by molar-refractivity contribution is -0.137. The van der Waals surface area contributed by atoms with Gasteiger partial charge in [0.15, 0.2) is 0 Å². The maximum Gasteiger partial charge on any atom is 0.303 e. The summed E-state index contributed by atoms with van der Waals surface area (Å²) < 4.78 is 12.2. The third-order valence-electron chi connectivity index (χ3n) is 6.22. The molecule has 1 unspecified atom stereocenters. The molecule has 3 fully saturated rings. The molecule has 7 atom stereocenters. The van der Waals surface area contributed by atoms with Gasteiger partial charge < -0.3 is 19.7 Å². The van der Waals surface area contributed by atoms with Gasteiger partial charge in [0.05, 0.1) is 31.0 Å². The number of aliphatic carboxylic acids is 1. The molecule has 0 aromatic rings. The van der Waals surface area contributed by atoms with E-state index in [1.54, 1.807) is 0 Å². The second-order valence-electron chi connectivity index (χ2n) is 8.23. The Morgan fingerprint density at radius 1 is 1.22 bits per heavy atom. The molecule has 27 heavy (non-hydrogen) atoms. The van der Waals surface area contributed by atoms with E-state index >= 15 is 0 Å². The van der Waals surface area contributed by atoms with Crippen molar-refractivity contribution in [1.29, 1.82) is 0 Å². The van der Waals surface area contributed by atoms with Crippen LogP contribution in [0, 0.1) is 17.8 Å². The fraction of sp³-hybridized carbons (Fsp3) is 0.773. The third kappa shape index (κ3) is 5.21. The number of ether oxygens (including phenoxy) is 2. The van der Waals surface area contributed by atoms with Gasteiger partial charge in [-0.3, -0.25) is 4.79 Å². The summed E-state index contributed by atoms with van der Waals surface area (Å²) in [4.78, 5) is 10.6. The van der Waals surface area contributed by atoms with E-state index in [1.807, 2.05) is 6.08 Å². The molecule has 152 valence electrons. The zero-order valence-electron chi connectivity index (χ0n) is 16.3. The maximum absolute atomic E-state index is 10.6. The highest BCUT2D eigenvalue weighted by molar-refractivity contribution is 5.66. The summed E-state index contributed by atoms with van der Waals surface area (Å²) in [5.74, 6) is 0.298. The first-order valence-corrected chi connectivity index (χ1v) is 10.6. The summed E-state index contributed by atoms with van der Waals surface area (Å²) in [5.41, 5.74) is 0. The Hall–Kier alpha value is -1.17. The molecule has 3 aliphatic heterocycles. The zero-order valence-corrected chi connectivity index (χ0v) is 16.3. The van der Waals surface area contributed by atoms with Crippen LogP contribution in [-0.2, 0) is 14.3 Å². The van der Waals surface area contributed by atoms with E-state index in [9.17, 15) is 9.90 Å². The normalized spacial score (nSPS) is 36.1. The molecule has 3 rings (SSSR count). The molecule has 0 radical (unpaired) electrons. The molecule has 5 heteroatoms. The van der Waals surface area contributed by atoms with Crippen LogP contribution in [-0.4, -0.2) is 47.2 Å². The highest BCUT2D eigenvalue weighted by atomic mass is 16.6. The average molecular weight is 379 g/mol. The first kappa shape index (κ1) is 20.6. The van der Waals surface area contributed by atoms with Gasteiger partial charge in [-0.25, -0.2) is 0 Å². The average Bonchev–Trinajstić information content (AvgIpc) is 3.21. The van der Waals surface area contributed by atoms with Gasteiger partial charge in [0.25, 0.3) is 0 Å². The van der Waals surface area contributed by atoms with Gasteiger partial charge in [0, 0.05) is 30.6 Å². The van der Waals surface area contributed by atoms with E-state index in [2.05, 4.69) is 25.2 Å². The van der Waals surface area contributed by atoms with Crippen molar-refractivity contribution in [1.82, 2.24) is 0 Å². The number of hydrogen-bond acceptors (Lipinski definition) is 4. The van der Waals surface area contributed by atoms with Crippen molar-refractivity contribution in [3.63, 3.8) is 0 Å². The highest BCUT2D eigenvalue weighted by Gasteiger charge is 2.57. The van der Waals surface area contributed by atoms with Crippen LogP contribution in [0.25, 0.3) is 0 Å². The lowest BCUT2D eigenvalue weighted by Gasteiger charge is -2.40. The van der Waals surface area contributed by atoms with Crippen LogP contribution in [0.1, 0.15) is 58.3 Å². The molecule has 0 spiro atoms. The summed E-state index contributed by atoms with van der Waals surface area (Å²) in [7, 11) is 0. The molecular formula is C22H34O5. The van der Waals surface area contributed by atoms with Crippen LogP contribution in [0.15, 0.2) is 24.3 Å². The monoisotopic (exact) mass is 378 g/mol. The third-order valence-corrected chi connectivity index (χ3v) is 6.22. The van der Waals surface area contributed by atoms with Gasteiger partial charge in [-0.2, -0.15) is 0 Å². The van der Waals surface area contributed by atoms with E-state index in [0.717, 1.165) is 25.7 Å². The Morgan fingerprint density at radius 3 is 2.85 bits per heavy atom. The van der Waals surface area contributed by atoms with Crippen LogP contribution in [0.3, 0.4) is 0 Å². The van der Waals surface area contributed by atoms with Gasteiger partial charge in [-0.15, -0.1) is 0 Å². The van der Waals surface area contributed by atoms with E-state index in [4.69, 9.17) is 14.6 Å². The standard InChI is InChI=1S/C22H34O5/c1-2-3-5-9-16(23)11-12-17-18-13-19-22(27-18)21(17)15(14-26-19)8-6-4-7-10-20(24)25/h6,8,11-12,15-19,21-23H,2-5,7,9-10,13-14H2,1H3,(H,24,25)/b8-6+,12-11+/t15?,16-,17-,18+,19+,21-,22-/m1/s1. The number of carboxylic acids is 1. The molecule has 0 saturated carbocycles. The minimum absolute atomic E-state index is 0.157. The predicted molar refractivity (Wildman–Crippen MR) is 103 cm³/mol. The summed E-state index contributed by atoms with van der Waals surface area (Å²) >= 11 is 0. The lowest BCUT2D eigenvalue weighted by atomic mass is 9.69. The van der Waals surface area contributed by atoms with Crippen LogP contribution in [0.4, 0.5) is 0 Å². The lowest BCUT2D eigenvalue weighted by Crippen LogP contribution is -2.47. The summed E-state index contributed by atoms with van der Waals surface area (Å²) in [6.07, 6.45) is 15.5. The van der Waals surface area contributed by atoms with Gasteiger partial charge in [-0.1, -0.05) is 50.5 Å². The minimum Gasteiger partial charge on any atom is -0.481 e. The van der Waals surface area contributed by atoms with Crippen molar-refractivity contribution in [3.05, 3.63) is 24.3 Å². The fourth-order valence-corrected chi connectivity index (χ4v) is 4.83. The van der Waals surface area contributed by atoms with Crippen molar-refractivity contribution in [2.45, 2.75) is 82.7 Å². The number of carbonyl (C=O) groups is 1. The smallest absolute Gasteiger partial charge is 0.303 e. The molecule has 3 aliphatic rings. The molecule has 0 aromatic carbocycles. The van der Waals surface area contributed by atoms with Gasteiger partial charge in [0.2, 0.25) is 0 Å². The molecular weight excluding hydrogens is 344 g/mol. The molecule has 5 nitrogen and oxygen atoms in total. The number of rotatable bonds is 11. The van der Waals surface area contributed by atoms with E-state index in [-0.39, 0.29) is 30.8 Å². The van der Waals surface area contributed by atoms with Crippen LogP contribution in [0.2, 0.25) is 0 Å². The molecule has 0 amide bonds. The highest BCUT2D eigenvalue weighted by Crippen LogP contribution is 2.51. The van der Waals surface area contributed by atoms with Crippen molar-refractivity contribution in [2.75, 3.05) is 6.61 Å². The maximum atomic E-state index is 10.6. The van der Waals surface area contributed by atoms with Crippen LogP contribution < -0.4 is 0 Å². The Balaban J connectivity index is 1.56. The number of carboxylic acid groups (broad SMARTS) is 1. The number of allylic oxidation sites excluding steroid dienone is 1. The summed E-state index contributed by atoms with van der Waals surface area (Å²) in [6, 6.07) is 0. The van der Waals surface area contributed by atoms with Crippen LogP contribution in [0.5, 0.6) is 0 Å². The number of aliphatic hydroxyl groups is 1. The minimum atomic E-state index is -0.739. The Labute approximate surface area is 162 Å². The number of hydrogen-bond donors (Lipinski definition) is 2. The second-order valence-corrected chi connectivity index (χ2v) is 8.23. The molecule has 0 aliphatic carbocycles. The van der Waals surface area contributed by atoms with Gasteiger partial charge in [-0.05, 0) is 19.3 Å². The molecule has 3 heterocycles. The topological polar surface area (TPSA) is 76.0 Å². The first-order valence-electron chi connectivity index (χ1n) is 10.6. The van der Waals surface area contributed by atoms with Gasteiger partial charge in [0.1, 0.15) is 0 Å². The van der Waals surface area contributed by atoms with Crippen LogP contribution >= 0.6 is 0 Å². The SMILES string of the molecule is CCCCC[C@@H](O)/C=C/[C@H]1[C@H]2C(/C=C/CCCC(=O)O)CO[C@H]3C[C@@H]1O[C@@H]23. The Morgan fingerprint density at radius 2 is 2.07 bits per heavy atom. The quantitative estimate of drug-likeness (QED) is 0.423. The van der Waals surface area contributed by atoms with E-state index in [0.29, 0.717) is 30.8 Å². The molecule has 2 bridgehead atoms. The number of unbranched alkanes of at least 4 members (excludes halogenated alkanes) is 3. The Kier molecular flexibility index (Phi) is 7.50.